The van der Waals surface area contributed by atoms with Gasteiger partial charge in [0.1, 0.15) is 4.90 Å². The SMILES string of the molecule is CN1c2ccccc2-c2nc(SCC(=O)Nc3ccc4c(c3)OCO4)ncc2S1(=O)=O. The van der Waals surface area contributed by atoms with E-state index in [9.17, 15) is 13.2 Å². The number of anilines is 2. The molecular formula is C20H16N4O5S2. The van der Waals surface area contributed by atoms with E-state index in [0.717, 1.165) is 11.8 Å². The number of aromatic nitrogens is 2. The first-order chi connectivity index (χ1) is 14.9. The molecule has 1 aromatic heterocycles. The largest absolute Gasteiger partial charge is 0.454 e. The normalized spacial score (nSPS) is 15.2. The average Bonchev–Trinajstić information content (AvgIpc) is 3.24. The number of carbonyl (C=O) groups is 1. The molecule has 11 heteroatoms. The number of benzene rings is 2. The Kier molecular flexibility index (Phi) is 4.71. The minimum Gasteiger partial charge on any atom is -0.454 e. The van der Waals surface area contributed by atoms with Crippen LogP contribution in [0, 0.1) is 0 Å². The van der Waals surface area contributed by atoms with Gasteiger partial charge in [-0.05, 0) is 18.2 Å². The number of rotatable bonds is 4. The van der Waals surface area contributed by atoms with Gasteiger partial charge in [-0.15, -0.1) is 0 Å². The Labute approximate surface area is 182 Å². The second-order valence-electron chi connectivity index (χ2n) is 6.76. The van der Waals surface area contributed by atoms with Crippen LogP contribution < -0.4 is 19.1 Å². The molecule has 0 fully saturated rings. The number of carbonyl (C=O) groups excluding carboxylic acids is 1. The van der Waals surface area contributed by atoms with Gasteiger partial charge < -0.3 is 14.8 Å². The maximum atomic E-state index is 12.8. The van der Waals surface area contributed by atoms with E-state index >= 15 is 0 Å². The van der Waals surface area contributed by atoms with Crippen LogP contribution in [0.25, 0.3) is 11.3 Å². The third kappa shape index (κ3) is 3.45. The lowest BCUT2D eigenvalue weighted by Gasteiger charge is -2.28. The highest BCUT2D eigenvalue weighted by Crippen LogP contribution is 2.41. The predicted octanol–water partition coefficient (Wildman–Crippen LogP) is 2.74. The number of thioether (sulfide) groups is 1. The molecule has 158 valence electrons. The number of hydrogen-bond acceptors (Lipinski definition) is 8. The smallest absolute Gasteiger partial charge is 0.267 e. The van der Waals surface area contributed by atoms with Crippen molar-refractivity contribution in [2.24, 2.45) is 0 Å². The summed E-state index contributed by atoms with van der Waals surface area (Å²) in [5.74, 6) is 1.02. The number of para-hydroxylation sites is 1. The molecule has 0 saturated heterocycles. The lowest BCUT2D eigenvalue weighted by Crippen LogP contribution is -2.31. The monoisotopic (exact) mass is 456 g/mol. The zero-order valence-electron chi connectivity index (χ0n) is 16.2. The van der Waals surface area contributed by atoms with Crippen molar-refractivity contribution in [3.8, 4) is 22.8 Å². The molecule has 9 nitrogen and oxygen atoms in total. The Morgan fingerprint density at radius 2 is 2.00 bits per heavy atom. The van der Waals surface area contributed by atoms with Crippen molar-refractivity contribution in [3.63, 3.8) is 0 Å². The molecule has 1 amide bonds. The van der Waals surface area contributed by atoms with E-state index in [1.807, 2.05) is 12.1 Å². The number of fused-ring (bicyclic) bond motifs is 4. The van der Waals surface area contributed by atoms with Gasteiger partial charge >= 0.3 is 0 Å². The summed E-state index contributed by atoms with van der Waals surface area (Å²) >= 11 is 1.12. The summed E-state index contributed by atoms with van der Waals surface area (Å²) in [5.41, 5.74) is 2.17. The Bertz CT molecular complexity index is 1310. The van der Waals surface area contributed by atoms with E-state index in [2.05, 4.69) is 15.3 Å². The van der Waals surface area contributed by atoms with Crippen LogP contribution in [0.3, 0.4) is 0 Å². The molecule has 0 aliphatic carbocycles. The molecule has 0 radical (unpaired) electrons. The van der Waals surface area contributed by atoms with Gasteiger partial charge in [-0.3, -0.25) is 9.10 Å². The summed E-state index contributed by atoms with van der Waals surface area (Å²) in [6, 6.07) is 12.3. The fourth-order valence-electron chi connectivity index (χ4n) is 3.33. The molecule has 31 heavy (non-hydrogen) atoms. The van der Waals surface area contributed by atoms with Crippen LogP contribution in [0.5, 0.6) is 11.5 Å². The van der Waals surface area contributed by atoms with Gasteiger partial charge in [0, 0.05) is 24.4 Å². The van der Waals surface area contributed by atoms with Gasteiger partial charge in [0.05, 0.1) is 23.3 Å². The fourth-order valence-corrected chi connectivity index (χ4v) is 5.25. The lowest BCUT2D eigenvalue weighted by atomic mass is 10.1. The lowest BCUT2D eigenvalue weighted by molar-refractivity contribution is -0.113. The number of nitrogens with zero attached hydrogens (tertiary/aromatic N) is 3. The van der Waals surface area contributed by atoms with Crippen molar-refractivity contribution >= 4 is 39.1 Å². The van der Waals surface area contributed by atoms with Crippen molar-refractivity contribution < 1.29 is 22.7 Å². The number of amides is 1. The Morgan fingerprint density at radius 1 is 1.19 bits per heavy atom. The first kappa shape index (κ1) is 19.6. The summed E-state index contributed by atoms with van der Waals surface area (Å²) in [5, 5.41) is 3.10. The maximum absolute atomic E-state index is 12.8. The van der Waals surface area contributed by atoms with Crippen LogP contribution in [-0.2, 0) is 14.8 Å². The summed E-state index contributed by atoms with van der Waals surface area (Å²) in [7, 11) is -2.23. The minimum atomic E-state index is -3.73. The third-order valence-electron chi connectivity index (χ3n) is 4.86. The van der Waals surface area contributed by atoms with Gasteiger partial charge in [0.2, 0.25) is 12.7 Å². The molecule has 5 rings (SSSR count). The fraction of sp³-hybridized carbons (Fsp3) is 0.150. The number of hydrogen-bond donors (Lipinski definition) is 1. The molecule has 2 aromatic carbocycles. The molecular weight excluding hydrogens is 440 g/mol. The highest BCUT2D eigenvalue weighted by atomic mass is 32.2. The molecule has 0 atom stereocenters. The summed E-state index contributed by atoms with van der Waals surface area (Å²) in [6.07, 6.45) is 1.29. The van der Waals surface area contributed by atoms with Crippen molar-refractivity contribution in [1.82, 2.24) is 9.97 Å². The molecule has 0 bridgehead atoms. The van der Waals surface area contributed by atoms with Gasteiger partial charge in [-0.2, -0.15) is 0 Å². The number of ether oxygens (including phenoxy) is 2. The zero-order chi connectivity index (χ0) is 21.6. The van der Waals surface area contributed by atoms with Gasteiger partial charge in [-0.1, -0.05) is 30.0 Å². The van der Waals surface area contributed by atoms with Crippen LogP contribution in [0.2, 0.25) is 0 Å². The molecule has 2 aliphatic heterocycles. The highest BCUT2D eigenvalue weighted by molar-refractivity contribution is 7.99. The Morgan fingerprint density at radius 3 is 2.87 bits per heavy atom. The topological polar surface area (TPSA) is 111 Å². The second kappa shape index (κ2) is 7.43. The van der Waals surface area contributed by atoms with E-state index in [0.29, 0.717) is 39.3 Å². The molecule has 1 N–H and O–H groups in total. The molecule has 2 aliphatic rings. The molecule has 0 saturated carbocycles. The van der Waals surface area contributed by atoms with Gasteiger partial charge in [0.25, 0.3) is 10.0 Å². The second-order valence-corrected chi connectivity index (χ2v) is 9.64. The van der Waals surface area contributed by atoms with Crippen molar-refractivity contribution in [3.05, 3.63) is 48.7 Å². The first-order valence-corrected chi connectivity index (χ1v) is 11.6. The van der Waals surface area contributed by atoms with Crippen LogP contribution >= 0.6 is 11.8 Å². The Hall–Kier alpha value is -3.31. The van der Waals surface area contributed by atoms with Gasteiger partial charge in [0.15, 0.2) is 16.7 Å². The maximum Gasteiger partial charge on any atom is 0.267 e. The summed E-state index contributed by atoms with van der Waals surface area (Å²) < 4.78 is 37.3. The van der Waals surface area contributed by atoms with Crippen LogP contribution in [0.4, 0.5) is 11.4 Å². The molecule has 3 heterocycles. The summed E-state index contributed by atoms with van der Waals surface area (Å²) in [6.45, 7) is 0.160. The van der Waals surface area contributed by atoms with Crippen molar-refractivity contribution in [1.29, 1.82) is 0 Å². The van der Waals surface area contributed by atoms with E-state index in [4.69, 9.17) is 9.47 Å². The highest BCUT2D eigenvalue weighted by Gasteiger charge is 2.34. The van der Waals surface area contributed by atoms with Crippen molar-refractivity contribution in [2.75, 3.05) is 29.2 Å². The summed E-state index contributed by atoms with van der Waals surface area (Å²) in [4.78, 5) is 21.0. The van der Waals surface area contributed by atoms with Crippen LogP contribution in [0.1, 0.15) is 0 Å². The van der Waals surface area contributed by atoms with E-state index in [1.165, 1.54) is 17.5 Å². The Balaban J connectivity index is 1.34. The average molecular weight is 457 g/mol. The quantitative estimate of drug-likeness (QED) is 0.471. The van der Waals surface area contributed by atoms with E-state index < -0.39 is 10.0 Å². The first-order valence-electron chi connectivity index (χ1n) is 9.21. The molecule has 3 aromatic rings. The minimum absolute atomic E-state index is 0.0443. The third-order valence-corrected chi connectivity index (χ3v) is 7.49. The standard InChI is InChI=1S/C20H16N4O5S2/c1-24-14-5-3-2-4-13(14)19-17(31(24,26)27)9-21-20(23-19)30-10-18(25)22-12-6-7-15-16(8-12)29-11-28-15/h2-9H,10-11H2,1H3,(H,22,25). The van der Waals surface area contributed by atoms with E-state index in [-0.39, 0.29) is 23.3 Å². The van der Waals surface area contributed by atoms with Crippen molar-refractivity contribution in [2.45, 2.75) is 10.1 Å². The van der Waals surface area contributed by atoms with E-state index in [1.54, 1.807) is 30.3 Å². The number of sulfonamides is 1. The molecule has 0 unspecified atom stereocenters. The van der Waals surface area contributed by atoms with Gasteiger partial charge in [-0.25, -0.2) is 18.4 Å². The molecule has 0 spiro atoms. The van der Waals surface area contributed by atoms with Crippen LogP contribution in [-0.4, -0.2) is 43.9 Å². The van der Waals surface area contributed by atoms with Crippen LogP contribution in [0.15, 0.2) is 58.7 Å². The predicted molar refractivity (Wildman–Crippen MR) is 115 cm³/mol. The number of nitrogens with one attached hydrogen (secondary N) is 1. The zero-order valence-corrected chi connectivity index (χ0v) is 17.9.